The largest absolute Gasteiger partial charge is 0.469 e. The van der Waals surface area contributed by atoms with Crippen LogP contribution in [0.3, 0.4) is 0 Å². The van der Waals surface area contributed by atoms with E-state index < -0.39 is 0 Å². The predicted molar refractivity (Wildman–Crippen MR) is 85.3 cm³/mol. The topological polar surface area (TPSA) is 53.9 Å². The van der Waals surface area contributed by atoms with Gasteiger partial charge in [-0.1, -0.05) is 6.92 Å². The Balaban J connectivity index is 2.55. The maximum absolute atomic E-state index is 11.5. The highest BCUT2D eigenvalue weighted by Gasteiger charge is 2.26. The first-order valence-electron chi connectivity index (χ1n) is 7.26. The van der Waals surface area contributed by atoms with Crippen LogP contribution < -0.4 is 5.32 Å². The monoisotopic (exact) mass is 301 g/mol. The number of esters is 1. The van der Waals surface area contributed by atoms with E-state index in [1.54, 1.807) is 0 Å². The average Bonchev–Trinajstić information content (AvgIpc) is 2.50. The summed E-state index contributed by atoms with van der Waals surface area (Å²) in [5.74, 6) is 0.934. The van der Waals surface area contributed by atoms with Gasteiger partial charge in [0, 0.05) is 24.9 Å². The second-order valence-electron chi connectivity index (χ2n) is 5.03. The predicted octanol–water partition coefficient (Wildman–Crippen LogP) is 1.59. The Morgan fingerprint density at radius 2 is 2.15 bits per heavy atom. The van der Waals surface area contributed by atoms with Crippen LogP contribution in [-0.2, 0) is 9.53 Å². The van der Waals surface area contributed by atoms with Crippen molar-refractivity contribution in [3.63, 3.8) is 0 Å². The van der Waals surface area contributed by atoms with E-state index in [9.17, 15) is 4.79 Å². The fourth-order valence-corrected chi connectivity index (χ4v) is 2.43. The number of hydrogen-bond acceptors (Lipinski definition) is 4. The lowest BCUT2D eigenvalue weighted by molar-refractivity contribution is -0.146. The number of carbonyl (C=O) groups is 1. The van der Waals surface area contributed by atoms with E-state index in [-0.39, 0.29) is 11.9 Å². The third-order valence-corrected chi connectivity index (χ3v) is 4.52. The molecule has 1 aliphatic heterocycles. The molecule has 0 aromatic heterocycles. The Morgan fingerprint density at radius 3 is 2.65 bits per heavy atom. The fourth-order valence-electron chi connectivity index (χ4n) is 2.21. The lowest BCUT2D eigenvalue weighted by atomic mass is 9.97. The third-order valence-electron chi connectivity index (χ3n) is 3.56. The van der Waals surface area contributed by atoms with Crippen LogP contribution in [0.1, 0.15) is 26.7 Å². The molecule has 0 amide bonds. The van der Waals surface area contributed by atoms with Crippen molar-refractivity contribution in [3.8, 4) is 0 Å². The molecule has 1 N–H and O–H groups in total. The number of nitrogens with one attached hydrogen (secondary N) is 1. The highest BCUT2D eigenvalue weighted by Crippen LogP contribution is 2.18. The van der Waals surface area contributed by atoms with Crippen LogP contribution in [0.5, 0.6) is 0 Å². The van der Waals surface area contributed by atoms with Gasteiger partial charge in [0.2, 0.25) is 0 Å². The summed E-state index contributed by atoms with van der Waals surface area (Å²) in [4.78, 5) is 18.5. The minimum absolute atomic E-state index is 0.0456. The van der Waals surface area contributed by atoms with Crippen molar-refractivity contribution in [1.82, 2.24) is 10.2 Å². The van der Waals surface area contributed by atoms with Gasteiger partial charge in [0.15, 0.2) is 5.96 Å². The zero-order valence-corrected chi connectivity index (χ0v) is 13.8. The number of thioether (sulfide) groups is 1. The summed E-state index contributed by atoms with van der Waals surface area (Å²) in [6, 6.07) is 0. The van der Waals surface area contributed by atoms with Crippen LogP contribution in [0, 0.1) is 5.92 Å². The van der Waals surface area contributed by atoms with Gasteiger partial charge in [-0.15, -0.1) is 0 Å². The molecule has 1 saturated heterocycles. The van der Waals surface area contributed by atoms with Crippen molar-refractivity contribution in [1.29, 1.82) is 0 Å². The molecule has 1 heterocycles. The normalized spacial score (nSPS) is 18.8. The summed E-state index contributed by atoms with van der Waals surface area (Å²) in [7, 11) is 1.46. The molecule has 116 valence electrons. The van der Waals surface area contributed by atoms with Gasteiger partial charge in [-0.05, 0) is 26.0 Å². The average molecular weight is 301 g/mol. The molecule has 0 saturated carbocycles. The van der Waals surface area contributed by atoms with E-state index in [0.717, 1.165) is 45.0 Å². The van der Waals surface area contributed by atoms with E-state index >= 15 is 0 Å². The van der Waals surface area contributed by atoms with Crippen LogP contribution in [-0.4, -0.2) is 61.6 Å². The van der Waals surface area contributed by atoms with E-state index in [4.69, 9.17) is 9.73 Å². The number of rotatable bonds is 5. The lowest BCUT2D eigenvalue weighted by Gasteiger charge is -2.33. The highest BCUT2D eigenvalue weighted by atomic mass is 32.2. The number of aliphatic imine (C=N–C) groups is 1. The van der Waals surface area contributed by atoms with E-state index in [2.05, 4.69) is 30.3 Å². The molecule has 1 atom stereocenters. The molecular weight excluding hydrogens is 274 g/mol. The van der Waals surface area contributed by atoms with Crippen LogP contribution >= 0.6 is 11.8 Å². The first-order chi connectivity index (χ1) is 9.62. The summed E-state index contributed by atoms with van der Waals surface area (Å²) in [6.45, 7) is 7.66. The molecule has 6 heteroatoms. The minimum atomic E-state index is -0.0809. The molecule has 5 nitrogen and oxygen atoms in total. The Morgan fingerprint density at radius 1 is 1.50 bits per heavy atom. The number of carbonyl (C=O) groups excluding carboxylic acids is 1. The van der Waals surface area contributed by atoms with Gasteiger partial charge in [-0.3, -0.25) is 9.79 Å². The summed E-state index contributed by atoms with van der Waals surface area (Å²) in [5.41, 5.74) is 0. The summed E-state index contributed by atoms with van der Waals surface area (Å²) in [6.07, 6.45) is 3.79. The summed E-state index contributed by atoms with van der Waals surface area (Å²) in [5, 5.41) is 3.86. The number of piperidine rings is 1. The Bertz CT molecular complexity index is 328. The maximum atomic E-state index is 11.5. The van der Waals surface area contributed by atoms with Crippen LogP contribution in [0.25, 0.3) is 0 Å². The van der Waals surface area contributed by atoms with Crippen molar-refractivity contribution in [2.45, 2.75) is 31.9 Å². The van der Waals surface area contributed by atoms with Crippen LogP contribution in [0.15, 0.2) is 4.99 Å². The molecule has 0 radical (unpaired) electrons. The van der Waals surface area contributed by atoms with E-state index in [0.29, 0.717) is 5.25 Å². The van der Waals surface area contributed by atoms with Crippen molar-refractivity contribution < 1.29 is 9.53 Å². The highest BCUT2D eigenvalue weighted by molar-refractivity contribution is 7.99. The smallest absolute Gasteiger partial charge is 0.308 e. The molecule has 1 rings (SSSR count). The van der Waals surface area contributed by atoms with Gasteiger partial charge in [-0.2, -0.15) is 11.8 Å². The second-order valence-corrected chi connectivity index (χ2v) is 6.30. The molecule has 1 aliphatic rings. The van der Waals surface area contributed by atoms with Gasteiger partial charge in [-0.25, -0.2) is 0 Å². The summed E-state index contributed by atoms with van der Waals surface area (Å²) < 4.78 is 4.82. The Hall–Kier alpha value is -0.910. The maximum Gasteiger partial charge on any atom is 0.308 e. The number of hydrogen-bond donors (Lipinski definition) is 1. The standard InChI is InChI=1S/C14H27N3O2S/c1-5-15-14(16-10-11(2)20-4)17-8-6-12(7-9-17)13(18)19-3/h11-12H,5-10H2,1-4H3,(H,15,16). The third kappa shape index (κ3) is 5.23. The molecule has 1 fully saturated rings. The first kappa shape index (κ1) is 17.1. The molecule has 1 unspecified atom stereocenters. The fraction of sp³-hybridized carbons (Fsp3) is 0.857. The number of nitrogens with zero attached hydrogens (tertiary/aromatic N) is 2. The summed E-state index contributed by atoms with van der Waals surface area (Å²) >= 11 is 1.82. The lowest BCUT2D eigenvalue weighted by Crippen LogP contribution is -2.46. The zero-order valence-electron chi connectivity index (χ0n) is 13.0. The number of guanidine groups is 1. The van der Waals surface area contributed by atoms with Gasteiger partial charge in [0.25, 0.3) is 0 Å². The SMILES string of the molecule is CCNC(=NCC(C)SC)N1CCC(C(=O)OC)CC1. The molecule has 0 spiro atoms. The molecule has 0 aromatic rings. The van der Waals surface area contributed by atoms with E-state index in [1.807, 2.05) is 11.8 Å². The quantitative estimate of drug-likeness (QED) is 0.475. The Labute approximate surface area is 126 Å². The number of ether oxygens (including phenoxy) is 1. The van der Waals surface area contributed by atoms with Crippen molar-refractivity contribution in [2.24, 2.45) is 10.9 Å². The second kappa shape index (κ2) is 9.10. The molecule has 0 bridgehead atoms. The molecular formula is C14H27N3O2S. The van der Waals surface area contributed by atoms with E-state index in [1.165, 1.54) is 7.11 Å². The van der Waals surface area contributed by atoms with Crippen molar-refractivity contribution in [2.75, 3.05) is 39.5 Å². The van der Waals surface area contributed by atoms with Crippen LogP contribution in [0.2, 0.25) is 0 Å². The van der Waals surface area contributed by atoms with Crippen molar-refractivity contribution in [3.05, 3.63) is 0 Å². The molecule has 0 aliphatic carbocycles. The van der Waals surface area contributed by atoms with Gasteiger partial charge < -0.3 is 15.0 Å². The van der Waals surface area contributed by atoms with Crippen molar-refractivity contribution >= 4 is 23.7 Å². The van der Waals surface area contributed by atoms with Gasteiger partial charge >= 0.3 is 5.97 Å². The van der Waals surface area contributed by atoms with Gasteiger partial charge in [0.05, 0.1) is 19.6 Å². The number of methoxy groups -OCH3 is 1. The van der Waals surface area contributed by atoms with Gasteiger partial charge in [0.1, 0.15) is 0 Å². The Kier molecular flexibility index (Phi) is 7.80. The zero-order chi connectivity index (χ0) is 15.0. The minimum Gasteiger partial charge on any atom is -0.469 e. The van der Waals surface area contributed by atoms with Crippen LogP contribution in [0.4, 0.5) is 0 Å². The first-order valence-corrected chi connectivity index (χ1v) is 8.55. The molecule has 0 aromatic carbocycles. The molecule has 20 heavy (non-hydrogen) atoms. The number of likely N-dealkylation sites (tertiary alicyclic amines) is 1.